The summed E-state index contributed by atoms with van der Waals surface area (Å²) in [5, 5.41) is 0.125. The van der Waals surface area contributed by atoms with Crippen molar-refractivity contribution in [1.82, 2.24) is 29.7 Å². The van der Waals surface area contributed by atoms with Crippen LogP contribution in [0.1, 0.15) is 55.0 Å². The lowest BCUT2D eigenvalue weighted by molar-refractivity contribution is -0.128. The van der Waals surface area contributed by atoms with E-state index in [4.69, 9.17) is 36.5 Å². The molecule has 0 radical (unpaired) electrons. The number of amides is 1. The minimum Gasteiger partial charge on any atom is -0.461 e. The van der Waals surface area contributed by atoms with Crippen LogP contribution >= 0.6 is 0 Å². The van der Waals surface area contributed by atoms with Gasteiger partial charge in [-0.1, -0.05) is 6.08 Å². The zero-order valence-electron chi connectivity index (χ0n) is 31.6. The zero-order valence-corrected chi connectivity index (χ0v) is 31.6. The quantitative estimate of drug-likeness (QED) is 0.235. The smallest absolute Gasteiger partial charge is 0.318 e. The van der Waals surface area contributed by atoms with Crippen LogP contribution in [0.15, 0.2) is 30.4 Å². The molecule has 1 unspecified atom stereocenters. The fraction of sp³-hybridized carbons (Fsp3) is 0.575. The van der Waals surface area contributed by atoms with Crippen molar-refractivity contribution in [3.05, 3.63) is 70.2 Å². The molecule has 4 fully saturated rings. The molecule has 4 atom stereocenters. The van der Waals surface area contributed by atoms with Crippen LogP contribution in [-0.4, -0.2) is 132 Å². The van der Waals surface area contributed by atoms with Crippen molar-refractivity contribution in [2.75, 3.05) is 83.3 Å². The highest BCUT2D eigenvalue weighted by atomic mass is 19.1. The molecule has 0 aliphatic carbocycles. The number of carbonyl (C=O) groups is 1. The summed E-state index contributed by atoms with van der Waals surface area (Å²) in [4.78, 5) is 39.5. The molecule has 3 aromatic rings. The molecular weight excluding hydrogens is 727 g/mol. The van der Waals surface area contributed by atoms with Gasteiger partial charge in [-0.3, -0.25) is 14.6 Å². The van der Waals surface area contributed by atoms with Crippen molar-refractivity contribution in [2.45, 2.75) is 75.1 Å². The molecule has 1 aromatic carbocycles. The summed E-state index contributed by atoms with van der Waals surface area (Å²) in [5.41, 5.74) is 6.92. The molecule has 0 saturated carbocycles. The first-order valence-electron chi connectivity index (χ1n) is 19.5. The number of aromatic nitrogens is 3. The van der Waals surface area contributed by atoms with E-state index < -0.39 is 35.5 Å². The van der Waals surface area contributed by atoms with Crippen molar-refractivity contribution in [1.29, 1.82) is 0 Å². The average Bonchev–Trinajstić information content (AvgIpc) is 3.72. The van der Waals surface area contributed by atoms with E-state index in [9.17, 15) is 13.6 Å². The van der Waals surface area contributed by atoms with Crippen LogP contribution in [0.5, 0.6) is 6.01 Å². The Hall–Kier alpha value is -4.56. The maximum Gasteiger partial charge on any atom is 0.318 e. The Morgan fingerprint density at radius 3 is 2.77 bits per heavy atom. The number of nitrogens with zero attached hydrogens (tertiary/aromatic N) is 8. The van der Waals surface area contributed by atoms with Crippen LogP contribution in [0.2, 0.25) is 0 Å². The van der Waals surface area contributed by atoms with Crippen molar-refractivity contribution in [3.8, 4) is 6.01 Å². The van der Waals surface area contributed by atoms with Gasteiger partial charge in [0.15, 0.2) is 0 Å². The number of piperazine rings is 1. The number of halogens is 3. The Morgan fingerprint density at radius 1 is 1.12 bits per heavy atom. The molecule has 4 saturated heterocycles. The first kappa shape index (κ1) is 38.3. The third-order valence-electron chi connectivity index (χ3n) is 12.2. The van der Waals surface area contributed by atoms with E-state index in [1.807, 2.05) is 11.0 Å². The summed E-state index contributed by atoms with van der Waals surface area (Å²) in [6, 6.07) is 3.46. The average molecular weight is 776 g/mol. The molecule has 0 spiro atoms. The van der Waals surface area contributed by atoms with E-state index in [-0.39, 0.29) is 66.5 Å². The van der Waals surface area contributed by atoms with E-state index in [0.717, 1.165) is 51.4 Å². The minimum absolute atomic E-state index is 0.00841. The number of alkyl halides is 1. The molecule has 0 bridgehead atoms. The number of likely N-dealkylation sites (tertiary alicyclic amines) is 1. The lowest BCUT2D eigenvalue weighted by Gasteiger charge is -2.40. The van der Waals surface area contributed by atoms with Gasteiger partial charge >= 0.3 is 6.01 Å². The second-order valence-corrected chi connectivity index (χ2v) is 15.6. The highest BCUT2D eigenvalue weighted by Gasteiger charge is 2.49. The number of nitrogens with two attached hydrogens (primary N) is 1. The number of hydrogen-bond acceptors (Lipinski definition) is 11. The molecule has 13 nitrogen and oxygen atoms in total. The molecule has 1 amide bonds. The lowest BCUT2D eigenvalue weighted by Crippen LogP contribution is -2.56. The van der Waals surface area contributed by atoms with E-state index in [1.165, 1.54) is 12.1 Å². The minimum atomic E-state index is -0.929. The summed E-state index contributed by atoms with van der Waals surface area (Å²) < 4.78 is 63.2. The molecule has 56 heavy (non-hydrogen) atoms. The van der Waals surface area contributed by atoms with Gasteiger partial charge in [-0.2, -0.15) is 9.97 Å². The highest BCUT2D eigenvalue weighted by molar-refractivity contribution is 5.88. The van der Waals surface area contributed by atoms with Gasteiger partial charge in [-0.15, -0.1) is 0 Å². The van der Waals surface area contributed by atoms with Crippen LogP contribution in [0.25, 0.3) is 15.7 Å². The van der Waals surface area contributed by atoms with Crippen LogP contribution in [0.4, 0.5) is 24.8 Å². The molecule has 298 valence electrons. The number of rotatable bonds is 10. The van der Waals surface area contributed by atoms with Crippen molar-refractivity contribution < 1.29 is 32.2 Å². The number of fused-ring (bicyclic) bond motifs is 3. The fourth-order valence-electron chi connectivity index (χ4n) is 9.27. The third kappa shape index (κ3) is 7.61. The standard InChI is InChI=1S/C40H48F3N9O4/c1-45-20-26-22-50(15-16-52(26)35(53)5-3-11-49-13-8-27(54-2)9-14-49)38-29-23-55-33(36-31(43)17-30(42)28-6-7-34(44)47-37(28)36)18-32(29)46-39(48-38)56-24-40-10-4-12-51(40)21-25(41)19-40/h3,5-7,17,25-27,33H,4,8-16,18-24H2,2H3,(H2,44,47)/b5-3+/t25-,26+,33?,40+/m1/s1. The summed E-state index contributed by atoms with van der Waals surface area (Å²) in [7, 11) is 1.74. The van der Waals surface area contributed by atoms with Crippen molar-refractivity contribution >= 4 is 28.4 Å². The molecule has 5 aliphatic rings. The summed E-state index contributed by atoms with van der Waals surface area (Å²) >= 11 is 0. The normalized spacial score (nSPS) is 26.2. The van der Waals surface area contributed by atoms with Crippen LogP contribution in [0.3, 0.4) is 0 Å². The van der Waals surface area contributed by atoms with E-state index >= 15 is 4.39 Å². The van der Waals surface area contributed by atoms with Gasteiger partial charge in [0.2, 0.25) is 12.5 Å². The number of ether oxygens (including phenoxy) is 3. The first-order chi connectivity index (χ1) is 27.1. The van der Waals surface area contributed by atoms with Gasteiger partial charge in [0, 0.05) is 94.4 Å². The van der Waals surface area contributed by atoms with Crippen molar-refractivity contribution in [2.24, 2.45) is 0 Å². The number of pyridine rings is 1. The number of benzene rings is 1. The van der Waals surface area contributed by atoms with E-state index in [1.54, 1.807) is 18.1 Å². The van der Waals surface area contributed by atoms with Gasteiger partial charge in [0.25, 0.3) is 0 Å². The highest BCUT2D eigenvalue weighted by Crippen LogP contribution is 2.42. The monoisotopic (exact) mass is 775 g/mol. The number of nitrogen functional groups attached to an aromatic ring is 1. The topological polar surface area (TPSA) is 127 Å². The molecule has 2 N–H and O–H groups in total. The van der Waals surface area contributed by atoms with Gasteiger partial charge in [0.1, 0.15) is 42.1 Å². The number of anilines is 2. The Morgan fingerprint density at radius 2 is 1.96 bits per heavy atom. The summed E-state index contributed by atoms with van der Waals surface area (Å²) in [5.74, 6) is -1.04. The second kappa shape index (κ2) is 16.1. The third-order valence-corrected chi connectivity index (χ3v) is 12.2. The molecule has 2 aromatic heterocycles. The number of hydrogen-bond donors (Lipinski definition) is 1. The fourth-order valence-corrected chi connectivity index (χ4v) is 9.27. The van der Waals surface area contributed by atoms with E-state index in [2.05, 4.69) is 19.6 Å². The Balaban J connectivity index is 1.06. The SMILES string of the molecule is [C-]#[N+]C[C@H]1CN(c2nc(OC[C@@]34CCCN3C[C@H](F)C4)nc3c2COC(c2c(F)cc(F)c4ccc(N)nc24)C3)CCN1C(=O)/C=C/CN1CCC(OC)CC1. The lowest BCUT2D eigenvalue weighted by atomic mass is 9.95. The van der Waals surface area contributed by atoms with Gasteiger partial charge < -0.3 is 34.6 Å². The van der Waals surface area contributed by atoms with Crippen LogP contribution in [-0.2, 0) is 27.3 Å². The Labute approximate surface area is 324 Å². The first-order valence-corrected chi connectivity index (χ1v) is 19.5. The Bertz CT molecular complexity index is 2020. The van der Waals surface area contributed by atoms with Crippen LogP contribution < -0.4 is 15.4 Å². The number of carbonyl (C=O) groups excluding carboxylic acids is 1. The second-order valence-electron chi connectivity index (χ2n) is 15.6. The van der Waals surface area contributed by atoms with Gasteiger partial charge in [0.05, 0.1) is 35.6 Å². The largest absolute Gasteiger partial charge is 0.461 e. The Kier molecular flexibility index (Phi) is 11.0. The maximum atomic E-state index is 15.6. The predicted molar refractivity (Wildman–Crippen MR) is 203 cm³/mol. The number of piperidine rings is 1. The molecule has 8 rings (SSSR count). The zero-order chi connectivity index (χ0) is 39.0. The summed E-state index contributed by atoms with van der Waals surface area (Å²) in [6.07, 6.45) is 6.15. The molecular formula is C40H48F3N9O4. The maximum absolute atomic E-state index is 15.6. The van der Waals surface area contributed by atoms with Crippen LogP contribution in [0, 0.1) is 18.2 Å². The molecule has 5 aliphatic heterocycles. The van der Waals surface area contributed by atoms with Gasteiger partial charge in [-0.05, 0) is 44.4 Å². The molecule has 7 heterocycles. The predicted octanol–water partition coefficient (Wildman–Crippen LogP) is 4.26. The van der Waals surface area contributed by atoms with E-state index in [0.29, 0.717) is 56.2 Å². The molecule has 16 heteroatoms. The van der Waals surface area contributed by atoms with Crippen molar-refractivity contribution in [3.63, 3.8) is 0 Å². The number of methoxy groups -OCH3 is 1. The summed E-state index contributed by atoms with van der Waals surface area (Å²) in [6.45, 7) is 12.8. The van der Waals surface area contributed by atoms with Gasteiger partial charge in [-0.25, -0.2) is 24.7 Å².